The van der Waals surface area contributed by atoms with Gasteiger partial charge in [0.2, 0.25) is 0 Å². The third kappa shape index (κ3) is 3.63. The molecule has 4 heteroatoms. The van der Waals surface area contributed by atoms with E-state index in [2.05, 4.69) is 19.2 Å². The van der Waals surface area contributed by atoms with Crippen molar-refractivity contribution in [1.29, 1.82) is 0 Å². The smallest absolute Gasteiger partial charge is 0.0991 e. The molecule has 1 N–H and O–H groups in total. The molecule has 1 aliphatic carbocycles. The van der Waals surface area contributed by atoms with Crippen molar-refractivity contribution in [2.45, 2.75) is 58.0 Å². The lowest BCUT2D eigenvalue weighted by Crippen LogP contribution is -2.34. The Bertz CT molecular complexity index is 383. The Hall–Kier alpha value is 0.240. The van der Waals surface area contributed by atoms with Crippen molar-refractivity contribution in [2.24, 2.45) is 5.92 Å². The molecule has 0 saturated heterocycles. The molecule has 2 rings (SSSR count). The summed E-state index contributed by atoms with van der Waals surface area (Å²) in [5.41, 5.74) is 1.14. The maximum Gasteiger partial charge on any atom is 0.0991 e. The molecule has 1 unspecified atom stereocenters. The van der Waals surface area contributed by atoms with Crippen LogP contribution in [-0.2, 0) is 0 Å². The molecule has 1 aliphatic rings. The molecule has 1 aromatic rings. The van der Waals surface area contributed by atoms with E-state index in [9.17, 15) is 0 Å². The Morgan fingerprint density at radius 2 is 2.00 bits per heavy atom. The van der Waals surface area contributed by atoms with Gasteiger partial charge in [-0.1, -0.05) is 36.5 Å². The SMILES string of the molecule is CCC1CCC(NC(C)c2cc(Cl)sc2Cl)CC1. The average molecular weight is 306 g/mol. The summed E-state index contributed by atoms with van der Waals surface area (Å²) >= 11 is 13.6. The summed E-state index contributed by atoms with van der Waals surface area (Å²) < 4.78 is 1.60. The van der Waals surface area contributed by atoms with Gasteiger partial charge in [0.1, 0.15) is 0 Å². The quantitative estimate of drug-likeness (QED) is 0.755. The van der Waals surface area contributed by atoms with Gasteiger partial charge in [0, 0.05) is 12.1 Å². The molecule has 0 bridgehead atoms. The van der Waals surface area contributed by atoms with E-state index in [0.717, 1.165) is 20.2 Å². The minimum atomic E-state index is 0.296. The standard InChI is InChI=1S/C14H21Cl2NS/c1-3-10-4-6-11(7-5-10)17-9(2)12-8-13(15)18-14(12)16/h8-11,17H,3-7H2,1-2H3. The van der Waals surface area contributed by atoms with Crippen LogP contribution in [0.2, 0.25) is 8.67 Å². The van der Waals surface area contributed by atoms with Gasteiger partial charge in [0.15, 0.2) is 0 Å². The maximum absolute atomic E-state index is 6.20. The van der Waals surface area contributed by atoms with Crippen LogP contribution in [0.3, 0.4) is 0 Å². The zero-order chi connectivity index (χ0) is 13.1. The fraction of sp³-hybridized carbons (Fsp3) is 0.714. The first-order valence-electron chi connectivity index (χ1n) is 6.81. The number of halogens is 2. The third-order valence-corrected chi connectivity index (χ3v) is 5.58. The van der Waals surface area contributed by atoms with E-state index in [0.29, 0.717) is 12.1 Å². The van der Waals surface area contributed by atoms with Gasteiger partial charge in [-0.25, -0.2) is 0 Å². The Morgan fingerprint density at radius 3 is 2.50 bits per heavy atom. The second-order valence-corrected chi connectivity index (χ2v) is 7.58. The van der Waals surface area contributed by atoms with E-state index in [1.54, 1.807) is 0 Å². The lowest BCUT2D eigenvalue weighted by atomic mass is 9.84. The molecule has 0 aliphatic heterocycles. The molecule has 0 radical (unpaired) electrons. The highest BCUT2D eigenvalue weighted by molar-refractivity contribution is 7.20. The second kappa shape index (κ2) is 6.60. The Kier molecular flexibility index (Phi) is 5.37. The van der Waals surface area contributed by atoms with Gasteiger partial charge in [0.05, 0.1) is 8.67 Å². The molecule has 0 aromatic carbocycles. The molecule has 0 amide bonds. The molecule has 1 aromatic heterocycles. The lowest BCUT2D eigenvalue weighted by Gasteiger charge is -2.30. The van der Waals surface area contributed by atoms with Crippen molar-refractivity contribution >= 4 is 34.5 Å². The van der Waals surface area contributed by atoms with E-state index in [1.807, 2.05) is 6.07 Å². The number of nitrogens with one attached hydrogen (secondary N) is 1. The van der Waals surface area contributed by atoms with Crippen LogP contribution in [0.15, 0.2) is 6.07 Å². The zero-order valence-electron chi connectivity index (χ0n) is 11.0. The highest BCUT2D eigenvalue weighted by atomic mass is 35.5. The molecule has 1 heterocycles. The zero-order valence-corrected chi connectivity index (χ0v) is 13.3. The Balaban J connectivity index is 1.88. The summed E-state index contributed by atoms with van der Waals surface area (Å²) in [5, 5.41) is 3.70. The topological polar surface area (TPSA) is 12.0 Å². The first-order chi connectivity index (χ1) is 8.60. The van der Waals surface area contributed by atoms with Gasteiger partial charge < -0.3 is 5.32 Å². The van der Waals surface area contributed by atoms with Crippen LogP contribution >= 0.6 is 34.5 Å². The van der Waals surface area contributed by atoms with Crippen LogP contribution in [0.5, 0.6) is 0 Å². The fourth-order valence-corrected chi connectivity index (χ4v) is 4.47. The molecule has 102 valence electrons. The largest absolute Gasteiger partial charge is 0.307 e. The highest BCUT2D eigenvalue weighted by Gasteiger charge is 2.22. The van der Waals surface area contributed by atoms with E-state index < -0.39 is 0 Å². The summed E-state index contributed by atoms with van der Waals surface area (Å²) in [6.45, 7) is 4.48. The molecule has 1 atom stereocenters. The van der Waals surface area contributed by atoms with Crippen LogP contribution in [0.1, 0.15) is 57.6 Å². The van der Waals surface area contributed by atoms with Crippen LogP contribution in [0.4, 0.5) is 0 Å². The normalized spacial score (nSPS) is 26.2. The third-order valence-electron chi connectivity index (χ3n) is 4.06. The first-order valence-corrected chi connectivity index (χ1v) is 8.38. The van der Waals surface area contributed by atoms with Gasteiger partial charge in [-0.05, 0) is 50.2 Å². The van der Waals surface area contributed by atoms with Crippen LogP contribution in [-0.4, -0.2) is 6.04 Å². The van der Waals surface area contributed by atoms with Crippen molar-refractivity contribution in [3.63, 3.8) is 0 Å². The molecule has 1 saturated carbocycles. The molecular weight excluding hydrogens is 285 g/mol. The average Bonchev–Trinajstić information content (AvgIpc) is 2.69. The predicted octanol–water partition coefficient (Wildman–Crippen LogP) is 5.67. The molecule has 1 fully saturated rings. The molecular formula is C14H21Cl2NS. The summed E-state index contributed by atoms with van der Waals surface area (Å²) in [5.74, 6) is 0.942. The van der Waals surface area contributed by atoms with E-state index in [1.165, 1.54) is 43.4 Å². The van der Waals surface area contributed by atoms with E-state index in [4.69, 9.17) is 23.2 Å². The summed E-state index contributed by atoms with van der Waals surface area (Å²) in [6, 6.07) is 2.92. The van der Waals surface area contributed by atoms with E-state index in [-0.39, 0.29) is 0 Å². The van der Waals surface area contributed by atoms with Gasteiger partial charge in [-0.3, -0.25) is 0 Å². The van der Waals surface area contributed by atoms with Crippen LogP contribution in [0, 0.1) is 5.92 Å². The van der Waals surface area contributed by atoms with Gasteiger partial charge >= 0.3 is 0 Å². The maximum atomic E-state index is 6.20. The predicted molar refractivity (Wildman–Crippen MR) is 81.9 cm³/mol. The van der Waals surface area contributed by atoms with E-state index >= 15 is 0 Å². The van der Waals surface area contributed by atoms with Crippen molar-refractivity contribution < 1.29 is 0 Å². The van der Waals surface area contributed by atoms with Crippen molar-refractivity contribution in [3.05, 3.63) is 20.3 Å². The monoisotopic (exact) mass is 305 g/mol. The number of hydrogen-bond donors (Lipinski definition) is 1. The Morgan fingerprint density at radius 1 is 1.33 bits per heavy atom. The van der Waals surface area contributed by atoms with Crippen molar-refractivity contribution in [2.75, 3.05) is 0 Å². The van der Waals surface area contributed by atoms with Crippen molar-refractivity contribution in [1.82, 2.24) is 5.32 Å². The van der Waals surface area contributed by atoms with Crippen molar-refractivity contribution in [3.8, 4) is 0 Å². The minimum absolute atomic E-state index is 0.296. The number of thiophene rings is 1. The van der Waals surface area contributed by atoms with Gasteiger partial charge in [-0.2, -0.15) is 0 Å². The lowest BCUT2D eigenvalue weighted by molar-refractivity contribution is 0.273. The number of rotatable bonds is 4. The summed E-state index contributed by atoms with van der Waals surface area (Å²) in [4.78, 5) is 0. The highest BCUT2D eigenvalue weighted by Crippen LogP contribution is 2.36. The fourth-order valence-electron chi connectivity index (χ4n) is 2.83. The number of hydrogen-bond acceptors (Lipinski definition) is 2. The van der Waals surface area contributed by atoms with Crippen LogP contribution in [0.25, 0.3) is 0 Å². The summed E-state index contributed by atoms with van der Waals surface area (Å²) in [6.07, 6.45) is 6.63. The molecule has 0 spiro atoms. The minimum Gasteiger partial charge on any atom is -0.307 e. The molecule has 1 nitrogen and oxygen atoms in total. The Labute approximate surface area is 124 Å². The van der Waals surface area contributed by atoms with Gasteiger partial charge in [0.25, 0.3) is 0 Å². The van der Waals surface area contributed by atoms with Crippen LogP contribution < -0.4 is 5.32 Å². The van der Waals surface area contributed by atoms with Gasteiger partial charge in [-0.15, -0.1) is 11.3 Å². The second-order valence-electron chi connectivity index (χ2n) is 5.29. The summed E-state index contributed by atoms with van der Waals surface area (Å²) in [7, 11) is 0. The first kappa shape index (κ1) is 14.6. The molecule has 18 heavy (non-hydrogen) atoms.